The van der Waals surface area contributed by atoms with Crippen LogP contribution in [-0.4, -0.2) is 66.2 Å². The Balaban J connectivity index is 1.51. The number of benzene rings is 2. The molecule has 2 aliphatic heterocycles. The topological polar surface area (TPSA) is 55.2 Å². The summed E-state index contributed by atoms with van der Waals surface area (Å²) in [6.07, 6.45) is 1.74. The van der Waals surface area contributed by atoms with Gasteiger partial charge >= 0.3 is 0 Å². The molecule has 37 heavy (non-hydrogen) atoms. The highest BCUT2D eigenvalue weighted by Gasteiger charge is 2.32. The number of carbonyl (C=O) groups excluding carboxylic acids is 1. The summed E-state index contributed by atoms with van der Waals surface area (Å²) in [7, 11) is 0. The summed E-state index contributed by atoms with van der Waals surface area (Å²) in [5, 5.41) is 1.15. The number of amides is 1. The van der Waals surface area contributed by atoms with Gasteiger partial charge in [-0.2, -0.15) is 0 Å². The summed E-state index contributed by atoms with van der Waals surface area (Å²) in [6, 6.07) is 10.2. The number of nitrogens with zero attached hydrogens (tertiary/aromatic N) is 2. The van der Waals surface area contributed by atoms with Crippen molar-refractivity contribution in [1.82, 2.24) is 9.80 Å². The van der Waals surface area contributed by atoms with E-state index in [4.69, 9.17) is 25.5 Å². The highest BCUT2D eigenvalue weighted by atomic mass is 35.5. The lowest BCUT2D eigenvalue weighted by Crippen LogP contribution is -2.48. The Morgan fingerprint density at radius 1 is 1.08 bits per heavy atom. The lowest BCUT2D eigenvalue weighted by Gasteiger charge is -2.35. The van der Waals surface area contributed by atoms with E-state index in [1.807, 2.05) is 13.8 Å². The Bertz CT molecular complexity index is 1260. The molecule has 2 saturated heterocycles. The number of rotatable bonds is 5. The molecule has 8 heteroatoms. The number of hydrogen-bond acceptors (Lipinski definition) is 5. The quantitative estimate of drug-likeness (QED) is 0.384. The SMILES string of the molecule is CC(C)N1CCC(Oc2cc3oc(C(=O)N4C[C@@H](C)O[C@@H](C)C4)c(-c4ccc(F)cc4)c3cc2Cl)CC1. The van der Waals surface area contributed by atoms with E-state index in [0.717, 1.165) is 25.9 Å². The van der Waals surface area contributed by atoms with Crippen molar-refractivity contribution in [1.29, 1.82) is 0 Å². The first-order valence-electron chi connectivity index (χ1n) is 13.1. The van der Waals surface area contributed by atoms with Crippen molar-refractivity contribution in [2.45, 2.75) is 64.9 Å². The molecule has 2 atom stereocenters. The first kappa shape index (κ1) is 26.0. The largest absolute Gasteiger partial charge is 0.489 e. The zero-order valence-corrected chi connectivity index (χ0v) is 22.6. The van der Waals surface area contributed by atoms with Crippen LogP contribution in [0.4, 0.5) is 4.39 Å². The highest BCUT2D eigenvalue weighted by molar-refractivity contribution is 6.33. The number of furan rings is 1. The third kappa shape index (κ3) is 5.49. The molecule has 0 aliphatic carbocycles. The number of piperidine rings is 1. The second-order valence-corrected chi connectivity index (χ2v) is 10.9. The van der Waals surface area contributed by atoms with Crippen LogP contribution in [0, 0.1) is 5.82 Å². The molecule has 1 amide bonds. The van der Waals surface area contributed by atoms with Crippen molar-refractivity contribution in [3.05, 3.63) is 53.0 Å². The van der Waals surface area contributed by atoms with Gasteiger partial charge in [0.15, 0.2) is 0 Å². The first-order chi connectivity index (χ1) is 17.7. The van der Waals surface area contributed by atoms with Crippen LogP contribution in [0.15, 0.2) is 40.8 Å². The second-order valence-electron chi connectivity index (χ2n) is 10.5. The molecule has 0 unspecified atom stereocenters. The highest BCUT2D eigenvalue weighted by Crippen LogP contribution is 2.41. The van der Waals surface area contributed by atoms with Crippen molar-refractivity contribution in [2.24, 2.45) is 0 Å². The Hall–Kier alpha value is -2.61. The summed E-state index contributed by atoms with van der Waals surface area (Å²) in [5.41, 5.74) is 1.80. The third-order valence-corrected chi connectivity index (χ3v) is 7.57. The number of carbonyl (C=O) groups is 1. The van der Waals surface area contributed by atoms with Crippen LogP contribution in [0.3, 0.4) is 0 Å². The van der Waals surface area contributed by atoms with E-state index in [2.05, 4.69) is 18.7 Å². The van der Waals surface area contributed by atoms with Gasteiger partial charge in [-0.25, -0.2) is 4.39 Å². The van der Waals surface area contributed by atoms with E-state index in [9.17, 15) is 9.18 Å². The molecule has 2 fully saturated rings. The Morgan fingerprint density at radius 2 is 1.73 bits per heavy atom. The van der Waals surface area contributed by atoms with Crippen LogP contribution in [0.2, 0.25) is 5.02 Å². The van der Waals surface area contributed by atoms with Gasteiger partial charge in [-0.05, 0) is 64.3 Å². The molecular weight excluding hydrogens is 495 g/mol. The fourth-order valence-corrected chi connectivity index (χ4v) is 5.63. The fourth-order valence-electron chi connectivity index (χ4n) is 5.42. The van der Waals surface area contributed by atoms with E-state index in [1.165, 1.54) is 12.1 Å². The van der Waals surface area contributed by atoms with Crippen molar-refractivity contribution in [3.63, 3.8) is 0 Å². The minimum Gasteiger partial charge on any atom is -0.489 e. The number of likely N-dealkylation sites (tertiary alicyclic amines) is 1. The molecule has 2 aromatic carbocycles. The maximum Gasteiger partial charge on any atom is 0.290 e. The van der Waals surface area contributed by atoms with Gasteiger partial charge < -0.3 is 23.7 Å². The zero-order chi connectivity index (χ0) is 26.3. The third-order valence-electron chi connectivity index (χ3n) is 7.28. The molecule has 198 valence electrons. The molecule has 0 radical (unpaired) electrons. The summed E-state index contributed by atoms with van der Waals surface area (Å²) in [5.74, 6) is 0.181. The maximum atomic E-state index is 13.7. The van der Waals surface area contributed by atoms with Crippen LogP contribution in [0.5, 0.6) is 5.75 Å². The van der Waals surface area contributed by atoms with Gasteiger partial charge in [0.25, 0.3) is 5.91 Å². The molecule has 0 saturated carbocycles. The Kier molecular flexibility index (Phi) is 7.48. The second kappa shape index (κ2) is 10.6. The maximum absolute atomic E-state index is 13.7. The van der Waals surface area contributed by atoms with Gasteiger partial charge in [0, 0.05) is 49.2 Å². The van der Waals surface area contributed by atoms with Crippen LogP contribution in [-0.2, 0) is 4.74 Å². The molecule has 0 bridgehead atoms. The standard InChI is InChI=1S/C29H34ClFN2O4/c1-17(2)32-11-9-22(10-12-32)36-26-14-25-23(13-24(26)30)27(20-5-7-21(31)8-6-20)28(37-25)29(34)33-15-18(3)35-19(4)16-33/h5-8,13-14,17-19,22H,9-12,15-16H2,1-4H3/t18-,19+. The Morgan fingerprint density at radius 3 is 2.35 bits per heavy atom. The molecule has 1 aromatic heterocycles. The van der Waals surface area contributed by atoms with Gasteiger partial charge in [-0.3, -0.25) is 4.79 Å². The number of halogens is 2. The molecular formula is C29H34ClFN2O4. The lowest BCUT2D eigenvalue weighted by molar-refractivity contribution is -0.0591. The molecule has 6 nitrogen and oxygen atoms in total. The number of ether oxygens (including phenoxy) is 2. The number of hydrogen-bond donors (Lipinski definition) is 0. The first-order valence-corrected chi connectivity index (χ1v) is 13.4. The van der Waals surface area contributed by atoms with Crippen LogP contribution >= 0.6 is 11.6 Å². The summed E-state index contributed by atoms with van der Waals surface area (Å²) < 4.78 is 32.1. The van der Waals surface area contributed by atoms with Crippen LogP contribution in [0.1, 0.15) is 51.1 Å². The van der Waals surface area contributed by atoms with Gasteiger partial charge in [-0.1, -0.05) is 23.7 Å². The van der Waals surface area contributed by atoms with Gasteiger partial charge in [0.1, 0.15) is 23.3 Å². The molecule has 2 aliphatic rings. The molecule has 3 heterocycles. The summed E-state index contributed by atoms with van der Waals surface area (Å²) in [6.45, 7) is 11.2. The van der Waals surface area contributed by atoms with Crippen molar-refractivity contribution < 1.29 is 23.1 Å². The number of morpholine rings is 1. The predicted molar refractivity (Wildman–Crippen MR) is 143 cm³/mol. The predicted octanol–water partition coefficient (Wildman–Crippen LogP) is 6.39. The van der Waals surface area contributed by atoms with Crippen LogP contribution in [0.25, 0.3) is 22.1 Å². The molecule has 3 aromatic rings. The minimum atomic E-state index is -0.350. The molecule has 0 spiro atoms. The molecule has 0 N–H and O–H groups in total. The average Bonchev–Trinajstić information content (AvgIpc) is 3.22. The Labute approximate surface area is 222 Å². The van der Waals surface area contributed by atoms with Gasteiger partial charge in [0.05, 0.1) is 17.2 Å². The summed E-state index contributed by atoms with van der Waals surface area (Å²) >= 11 is 6.71. The van der Waals surface area contributed by atoms with E-state index >= 15 is 0 Å². The average molecular weight is 529 g/mol. The fraction of sp³-hybridized carbons (Fsp3) is 0.483. The molecule has 5 rings (SSSR count). The van der Waals surface area contributed by atoms with Crippen molar-refractivity contribution in [2.75, 3.05) is 26.2 Å². The van der Waals surface area contributed by atoms with Gasteiger partial charge in [0.2, 0.25) is 5.76 Å². The smallest absolute Gasteiger partial charge is 0.290 e. The van der Waals surface area contributed by atoms with E-state index < -0.39 is 0 Å². The lowest BCUT2D eigenvalue weighted by atomic mass is 10.0. The normalized spacial score (nSPS) is 21.6. The van der Waals surface area contributed by atoms with E-state index in [0.29, 0.717) is 52.0 Å². The van der Waals surface area contributed by atoms with Gasteiger partial charge in [-0.15, -0.1) is 0 Å². The van der Waals surface area contributed by atoms with E-state index in [-0.39, 0.29) is 35.8 Å². The van der Waals surface area contributed by atoms with E-state index in [1.54, 1.807) is 29.2 Å². The summed E-state index contributed by atoms with van der Waals surface area (Å²) in [4.78, 5) is 17.9. The number of fused-ring (bicyclic) bond motifs is 1. The minimum absolute atomic E-state index is 0.0638. The monoisotopic (exact) mass is 528 g/mol. The van der Waals surface area contributed by atoms with Crippen molar-refractivity contribution >= 4 is 28.5 Å². The zero-order valence-electron chi connectivity index (χ0n) is 21.8. The van der Waals surface area contributed by atoms with Crippen molar-refractivity contribution in [3.8, 4) is 16.9 Å². The van der Waals surface area contributed by atoms with Crippen LogP contribution < -0.4 is 4.74 Å².